The second kappa shape index (κ2) is 4.92. The van der Waals surface area contributed by atoms with Crippen LogP contribution in [-0.4, -0.2) is 23.8 Å². The van der Waals surface area contributed by atoms with Crippen LogP contribution in [0.2, 0.25) is 0 Å². The lowest BCUT2D eigenvalue weighted by Crippen LogP contribution is -2.10. The van der Waals surface area contributed by atoms with Crippen molar-refractivity contribution in [1.82, 2.24) is 15.5 Å². The molecule has 80 valence electrons. The number of nitrogens with zero attached hydrogens (tertiary/aromatic N) is 1. The first-order chi connectivity index (χ1) is 7.29. The lowest BCUT2D eigenvalue weighted by molar-refractivity contribution is 0.772. The first kappa shape index (κ1) is 10.9. The molecule has 3 nitrogen and oxygen atoms in total. The fourth-order valence-corrected chi connectivity index (χ4v) is 2.71. The molecule has 0 radical (unpaired) electrons. The van der Waals surface area contributed by atoms with E-state index in [1.54, 1.807) is 11.3 Å². The number of hydrogen-bond donors (Lipinski definition) is 2. The van der Waals surface area contributed by atoms with Crippen LogP contribution in [0.3, 0.4) is 0 Å². The molecule has 2 heterocycles. The Labute approximate surface area is 101 Å². The SMILES string of the molecule is CNCCc1cc(-c2cc(Br)cs2)n[nH]1. The third kappa shape index (κ3) is 2.68. The van der Waals surface area contributed by atoms with Gasteiger partial charge in [-0.1, -0.05) is 0 Å². The Morgan fingerprint density at radius 3 is 3.07 bits per heavy atom. The van der Waals surface area contributed by atoms with Crippen molar-refractivity contribution in [3.05, 3.63) is 27.7 Å². The molecule has 0 aliphatic heterocycles. The monoisotopic (exact) mass is 285 g/mol. The summed E-state index contributed by atoms with van der Waals surface area (Å²) in [6, 6.07) is 4.19. The minimum absolute atomic E-state index is 0.968. The van der Waals surface area contributed by atoms with Crippen molar-refractivity contribution < 1.29 is 0 Å². The molecule has 2 rings (SSSR count). The van der Waals surface area contributed by atoms with Crippen LogP contribution in [0.4, 0.5) is 0 Å². The summed E-state index contributed by atoms with van der Waals surface area (Å²) in [4.78, 5) is 1.19. The van der Waals surface area contributed by atoms with Gasteiger partial charge in [-0.15, -0.1) is 11.3 Å². The Kier molecular flexibility index (Phi) is 3.56. The molecule has 0 saturated heterocycles. The number of aromatic amines is 1. The first-order valence-corrected chi connectivity index (χ1v) is 6.40. The molecule has 0 aromatic carbocycles. The summed E-state index contributed by atoms with van der Waals surface area (Å²) in [5.74, 6) is 0. The first-order valence-electron chi connectivity index (χ1n) is 4.73. The van der Waals surface area contributed by atoms with Gasteiger partial charge in [0, 0.05) is 28.5 Å². The molecule has 2 aromatic heterocycles. The quantitative estimate of drug-likeness (QED) is 0.907. The number of nitrogens with one attached hydrogen (secondary N) is 2. The normalized spacial score (nSPS) is 10.8. The molecule has 5 heteroatoms. The molecule has 2 aromatic rings. The fourth-order valence-electron chi connectivity index (χ4n) is 1.32. The molecule has 0 atom stereocenters. The van der Waals surface area contributed by atoms with Gasteiger partial charge in [-0.2, -0.15) is 5.10 Å². The number of rotatable bonds is 4. The third-order valence-electron chi connectivity index (χ3n) is 2.10. The maximum atomic E-state index is 4.29. The molecule has 0 amide bonds. The molecule has 0 spiro atoms. The van der Waals surface area contributed by atoms with Crippen LogP contribution in [-0.2, 0) is 6.42 Å². The second-order valence-electron chi connectivity index (χ2n) is 3.26. The van der Waals surface area contributed by atoms with E-state index in [4.69, 9.17) is 0 Å². The van der Waals surface area contributed by atoms with Gasteiger partial charge >= 0.3 is 0 Å². The van der Waals surface area contributed by atoms with Crippen molar-refractivity contribution in [3.63, 3.8) is 0 Å². The van der Waals surface area contributed by atoms with E-state index < -0.39 is 0 Å². The van der Waals surface area contributed by atoms with Gasteiger partial charge < -0.3 is 5.32 Å². The Hall–Kier alpha value is -0.650. The van der Waals surface area contributed by atoms with Crippen LogP contribution < -0.4 is 5.32 Å². The van der Waals surface area contributed by atoms with Gasteiger partial charge in [0.2, 0.25) is 0 Å². The van der Waals surface area contributed by atoms with Crippen LogP contribution in [0.5, 0.6) is 0 Å². The maximum absolute atomic E-state index is 4.29. The number of likely N-dealkylation sites (N-methyl/N-ethyl adjacent to an activating group) is 1. The summed E-state index contributed by atoms with van der Waals surface area (Å²) in [6.45, 7) is 0.968. The van der Waals surface area contributed by atoms with Gasteiger partial charge in [-0.05, 0) is 35.1 Å². The summed E-state index contributed by atoms with van der Waals surface area (Å²) < 4.78 is 1.11. The highest BCUT2D eigenvalue weighted by Gasteiger charge is 2.05. The topological polar surface area (TPSA) is 40.7 Å². The van der Waals surface area contributed by atoms with E-state index in [1.807, 2.05) is 7.05 Å². The highest BCUT2D eigenvalue weighted by atomic mass is 79.9. The number of thiophene rings is 1. The van der Waals surface area contributed by atoms with Gasteiger partial charge in [0.05, 0.1) is 4.88 Å². The van der Waals surface area contributed by atoms with Crippen LogP contribution in [0.1, 0.15) is 5.69 Å². The highest BCUT2D eigenvalue weighted by Crippen LogP contribution is 2.28. The fraction of sp³-hybridized carbons (Fsp3) is 0.300. The summed E-state index contributed by atoms with van der Waals surface area (Å²) in [6.07, 6.45) is 0.982. The molecule has 0 aliphatic carbocycles. The largest absolute Gasteiger partial charge is 0.319 e. The molecule has 0 fully saturated rings. The number of hydrogen-bond acceptors (Lipinski definition) is 3. The van der Waals surface area contributed by atoms with Crippen LogP contribution in [0.25, 0.3) is 10.6 Å². The summed E-state index contributed by atoms with van der Waals surface area (Å²) in [5, 5.41) is 12.5. The predicted octanol–water partition coefficient (Wildman–Crippen LogP) is 2.66. The van der Waals surface area contributed by atoms with E-state index in [1.165, 1.54) is 10.6 Å². The predicted molar refractivity (Wildman–Crippen MR) is 67.2 cm³/mol. The standard InChI is InChI=1S/C10H12BrN3S/c1-12-3-2-8-5-9(14-13-8)10-4-7(11)6-15-10/h4-6,12H,2-3H2,1H3,(H,13,14). The highest BCUT2D eigenvalue weighted by molar-refractivity contribution is 9.10. The Bertz CT molecular complexity index is 435. The Morgan fingerprint density at radius 2 is 2.40 bits per heavy atom. The summed E-state index contributed by atoms with van der Waals surface area (Å²) in [5.41, 5.74) is 2.20. The zero-order valence-electron chi connectivity index (χ0n) is 8.38. The third-order valence-corrected chi connectivity index (χ3v) is 3.81. The van der Waals surface area contributed by atoms with Gasteiger partial charge in [0.1, 0.15) is 5.69 Å². The zero-order valence-corrected chi connectivity index (χ0v) is 10.8. The van der Waals surface area contributed by atoms with Crippen molar-refractivity contribution in [2.75, 3.05) is 13.6 Å². The smallest absolute Gasteiger partial charge is 0.102 e. The molecule has 2 N–H and O–H groups in total. The van der Waals surface area contributed by atoms with Crippen molar-refractivity contribution in [2.45, 2.75) is 6.42 Å². The molecule has 0 unspecified atom stereocenters. The molecule has 15 heavy (non-hydrogen) atoms. The average molecular weight is 286 g/mol. The van der Waals surface area contributed by atoms with Crippen LogP contribution in [0, 0.1) is 0 Å². The number of H-pyrrole nitrogens is 1. The molecule has 0 aliphatic rings. The Morgan fingerprint density at radius 1 is 1.53 bits per heavy atom. The van der Waals surface area contributed by atoms with Gasteiger partial charge in [0.15, 0.2) is 0 Å². The molecular weight excluding hydrogens is 274 g/mol. The van der Waals surface area contributed by atoms with E-state index in [0.29, 0.717) is 0 Å². The maximum Gasteiger partial charge on any atom is 0.102 e. The Balaban J connectivity index is 2.13. The van der Waals surface area contributed by atoms with Gasteiger partial charge in [-0.25, -0.2) is 0 Å². The van der Waals surface area contributed by atoms with E-state index in [0.717, 1.165) is 23.1 Å². The van der Waals surface area contributed by atoms with Crippen LogP contribution >= 0.6 is 27.3 Å². The van der Waals surface area contributed by atoms with Gasteiger partial charge in [-0.3, -0.25) is 5.10 Å². The number of halogens is 1. The van der Waals surface area contributed by atoms with Crippen LogP contribution in [0.15, 0.2) is 22.0 Å². The molecular formula is C10H12BrN3S. The molecule has 0 saturated carbocycles. The van der Waals surface area contributed by atoms with E-state index >= 15 is 0 Å². The molecule has 0 bridgehead atoms. The minimum Gasteiger partial charge on any atom is -0.319 e. The van der Waals surface area contributed by atoms with Crippen molar-refractivity contribution >= 4 is 27.3 Å². The average Bonchev–Trinajstić information content (AvgIpc) is 2.83. The van der Waals surface area contributed by atoms with E-state index in [2.05, 4.69) is 49.0 Å². The van der Waals surface area contributed by atoms with Crippen molar-refractivity contribution in [1.29, 1.82) is 0 Å². The van der Waals surface area contributed by atoms with Crippen molar-refractivity contribution in [2.24, 2.45) is 0 Å². The van der Waals surface area contributed by atoms with Crippen molar-refractivity contribution in [3.8, 4) is 10.6 Å². The lowest BCUT2D eigenvalue weighted by atomic mass is 10.2. The minimum atomic E-state index is 0.968. The zero-order chi connectivity index (χ0) is 10.7. The van der Waals surface area contributed by atoms with Gasteiger partial charge in [0.25, 0.3) is 0 Å². The second-order valence-corrected chi connectivity index (χ2v) is 5.09. The summed E-state index contributed by atoms with van der Waals surface area (Å²) in [7, 11) is 1.95. The van der Waals surface area contributed by atoms with E-state index in [-0.39, 0.29) is 0 Å². The van der Waals surface area contributed by atoms with E-state index in [9.17, 15) is 0 Å². The summed E-state index contributed by atoms with van der Waals surface area (Å²) >= 11 is 5.14. The lowest BCUT2D eigenvalue weighted by Gasteiger charge is -1.93. The number of aromatic nitrogens is 2.